The molecule has 0 radical (unpaired) electrons. The Balaban J connectivity index is 1.77. The monoisotopic (exact) mass is 349 g/mol. The molecule has 0 bridgehead atoms. The van der Waals surface area contributed by atoms with Gasteiger partial charge in [0.2, 0.25) is 0 Å². The van der Waals surface area contributed by atoms with Gasteiger partial charge in [-0.2, -0.15) is 0 Å². The Morgan fingerprint density at radius 3 is 2.67 bits per heavy atom. The van der Waals surface area contributed by atoms with Crippen LogP contribution in [0.3, 0.4) is 0 Å². The van der Waals surface area contributed by atoms with Crippen LogP contribution in [0.25, 0.3) is 0 Å². The Morgan fingerprint density at radius 1 is 1.21 bits per heavy atom. The van der Waals surface area contributed by atoms with Crippen molar-refractivity contribution in [1.29, 1.82) is 0 Å². The molecule has 6 heteroatoms. The summed E-state index contributed by atoms with van der Waals surface area (Å²) in [7, 11) is 0. The van der Waals surface area contributed by atoms with Crippen molar-refractivity contribution in [2.45, 2.75) is 13.3 Å². The fourth-order valence-electron chi connectivity index (χ4n) is 2.14. The first-order chi connectivity index (χ1) is 11.5. The Morgan fingerprint density at radius 2 is 1.96 bits per heavy atom. The Bertz CT molecular complexity index is 749. The number of aryl methyl sites for hydroxylation is 1. The molecule has 0 aliphatic heterocycles. The van der Waals surface area contributed by atoms with E-state index in [0.29, 0.717) is 13.0 Å². The third-order valence-corrected chi connectivity index (χ3v) is 3.70. The van der Waals surface area contributed by atoms with Crippen LogP contribution in [0.2, 0.25) is 5.02 Å². The van der Waals surface area contributed by atoms with Gasteiger partial charge in [-0.3, -0.25) is 4.79 Å². The minimum atomic E-state index is -0.904. The molecular formula is C18H17ClFNO3. The molecule has 0 aromatic heterocycles. The van der Waals surface area contributed by atoms with Crippen LogP contribution in [0, 0.1) is 12.7 Å². The molecule has 2 aromatic carbocycles. The molecule has 126 valence electrons. The van der Waals surface area contributed by atoms with Gasteiger partial charge >= 0.3 is 5.97 Å². The highest BCUT2D eigenvalue weighted by Gasteiger charge is 2.15. The molecular weight excluding hydrogens is 333 g/mol. The van der Waals surface area contributed by atoms with Gasteiger partial charge < -0.3 is 10.1 Å². The van der Waals surface area contributed by atoms with Gasteiger partial charge in [-0.1, -0.05) is 35.9 Å². The zero-order valence-corrected chi connectivity index (χ0v) is 13.9. The zero-order chi connectivity index (χ0) is 17.5. The smallest absolute Gasteiger partial charge is 0.341 e. The largest absolute Gasteiger partial charge is 0.452 e. The average molecular weight is 350 g/mol. The fourth-order valence-corrected chi connectivity index (χ4v) is 2.30. The summed E-state index contributed by atoms with van der Waals surface area (Å²) in [5.74, 6) is -2.13. The molecule has 1 amide bonds. The summed E-state index contributed by atoms with van der Waals surface area (Å²) < 4.78 is 18.4. The SMILES string of the molecule is Cc1ccccc1CCNC(=O)COC(=O)c1ccc(Cl)cc1F. The van der Waals surface area contributed by atoms with Crippen molar-refractivity contribution in [2.75, 3.05) is 13.2 Å². The average Bonchev–Trinajstić information content (AvgIpc) is 2.54. The Labute approximate surface area is 144 Å². The van der Waals surface area contributed by atoms with E-state index < -0.39 is 24.3 Å². The van der Waals surface area contributed by atoms with E-state index in [-0.39, 0.29) is 10.6 Å². The molecule has 0 atom stereocenters. The van der Waals surface area contributed by atoms with E-state index in [1.165, 1.54) is 12.1 Å². The van der Waals surface area contributed by atoms with Crippen LogP contribution in [0.1, 0.15) is 21.5 Å². The van der Waals surface area contributed by atoms with Crippen LogP contribution in [-0.4, -0.2) is 25.0 Å². The topological polar surface area (TPSA) is 55.4 Å². The summed E-state index contributed by atoms with van der Waals surface area (Å²) in [5.41, 5.74) is 2.03. The molecule has 0 aliphatic carbocycles. The maximum Gasteiger partial charge on any atom is 0.341 e. The van der Waals surface area contributed by atoms with Gasteiger partial charge in [-0.25, -0.2) is 9.18 Å². The highest BCUT2D eigenvalue weighted by Crippen LogP contribution is 2.15. The van der Waals surface area contributed by atoms with Crippen molar-refractivity contribution in [1.82, 2.24) is 5.32 Å². The van der Waals surface area contributed by atoms with E-state index >= 15 is 0 Å². The quantitative estimate of drug-likeness (QED) is 0.814. The minimum Gasteiger partial charge on any atom is -0.452 e. The third kappa shape index (κ3) is 5.06. The van der Waals surface area contributed by atoms with Crippen molar-refractivity contribution in [3.05, 3.63) is 70.0 Å². The second-order valence-corrected chi connectivity index (χ2v) is 5.66. The highest BCUT2D eigenvalue weighted by molar-refractivity contribution is 6.30. The first-order valence-electron chi connectivity index (χ1n) is 7.41. The zero-order valence-electron chi connectivity index (χ0n) is 13.1. The second-order valence-electron chi connectivity index (χ2n) is 5.23. The number of carbonyl (C=O) groups excluding carboxylic acids is 2. The van der Waals surface area contributed by atoms with Gasteiger partial charge in [-0.05, 0) is 42.7 Å². The molecule has 0 spiro atoms. The van der Waals surface area contributed by atoms with Crippen molar-refractivity contribution < 1.29 is 18.7 Å². The van der Waals surface area contributed by atoms with Gasteiger partial charge in [0.25, 0.3) is 5.91 Å². The van der Waals surface area contributed by atoms with E-state index in [9.17, 15) is 14.0 Å². The summed E-state index contributed by atoms with van der Waals surface area (Å²) in [5, 5.41) is 2.84. The molecule has 0 saturated carbocycles. The fraction of sp³-hybridized carbons (Fsp3) is 0.222. The number of nitrogens with one attached hydrogen (secondary N) is 1. The summed E-state index contributed by atoms with van der Waals surface area (Å²) in [6, 6.07) is 11.5. The highest BCUT2D eigenvalue weighted by atomic mass is 35.5. The number of carbonyl (C=O) groups is 2. The number of ether oxygens (including phenoxy) is 1. The molecule has 0 heterocycles. The first-order valence-corrected chi connectivity index (χ1v) is 7.78. The molecule has 24 heavy (non-hydrogen) atoms. The van der Waals surface area contributed by atoms with E-state index in [0.717, 1.165) is 17.2 Å². The van der Waals surface area contributed by atoms with E-state index in [2.05, 4.69) is 5.32 Å². The second kappa shape index (κ2) is 8.45. The molecule has 0 fully saturated rings. The van der Waals surface area contributed by atoms with Gasteiger partial charge in [-0.15, -0.1) is 0 Å². The maximum absolute atomic E-state index is 13.6. The van der Waals surface area contributed by atoms with Crippen molar-refractivity contribution >= 4 is 23.5 Å². The summed E-state index contributed by atoms with van der Waals surface area (Å²) in [6.07, 6.45) is 0.679. The molecule has 0 saturated heterocycles. The molecule has 2 rings (SSSR count). The van der Waals surface area contributed by atoms with Crippen LogP contribution in [-0.2, 0) is 16.0 Å². The van der Waals surface area contributed by atoms with Crippen molar-refractivity contribution in [3.8, 4) is 0 Å². The van der Waals surface area contributed by atoms with Crippen molar-refractivity contribution in [2.24, 2.45) is 0 Å². The predicted octanol–water partition coefficient (Wildman–Crippen LogP) is 3.30. The van der Waals surface area contributed by atoms with E-state index in [4.69, 9.17) is 16.3 Å². The van der Waals surface area contributed by atoms with Crippen LogP contribution < -0.4 is 5.32 Å². The minimum absolute atomic E-state index is 0.179. The standard InChI is InChI=1S/C18H17ClFNO3/c1-12-4-2-3-5-13(12)8-9-21-17(22)11-24-18(23)15-7-6-14(19)10-16(15)20/h2-7,10H,8-9,11H2,1H3,(H,21,22). The number of hydrogen-bond donors (Lipinski definition) is 1. The number of halogens is 2. The number of amides is 1. The lowest BCUT2D eigenvalue weighted by molar-refractivity contribution is -0.124. The molecule has 2 aromatic rings. The van der Waals surface area contributed by atoms with Crippen LogP contribution >= 0.6 is 11.6 Å². The van der Waals surface area contributed by atoms with Crippen molar-refractivity contribution in [3.63, 3.8) is 0 Å². The summed E-state index contributed by atoms with van der Waals surface area (Å²) in [4.78, 5) is 23.4. The van der Waals surface area contributed by atoms with Crippen LogP contribution in [0.5, 0.6) is 0 Å². The Kier molecular flexibility index (Phi) is 6.32. The molecule has 0 unspecified atom stereocenters. The number of hydrogen-bond acceptors (Lipinski definition) is 3. The molecule has 4 nitrogen and oxygen atoms in total. The lowest BCUT2D eigenvalue weighted by atomic mass is 10.1. The van der Waals surface area contributed by atoms with Gasteiger partial charge in [0.15, 0.2) is 6.61 Å². The third-order valence-electron chi connectivity index (χ3n) is 3.46. The van der Waals surface area contributed by atoms with Gasteiger partial charge in [0.1, 0.15) is 5.82 Å². The van der Waals surface area contributed by atoms with E-state index in [1.807, 2.05) is 31.2 Å². The predicted molar refractivity (Wildman–Crippen MR) is 89.6 cm³/mol. The lowest BCUT2D eigenvalue weighted by Crippen LogP contribution is -2.30. The van der Waals surface area contributed by atoms with E-state index in [1.54, 1.807) is 0 Å². The summed E-state index contributed by atoms with van der Waals surface area (Å²) >= 11 is 5.61. The maximum atomic E-state index is 13.6. The lowest BCUT2D eigenvalue weighted by Gasteiger charge is -2.08. The first kappa shape index (κ1) is 17.9. The van der Waals surface area contributed by atoms with Gasteiger partial charge in [0.05, 0.1) is 5.56 Å². The van der Waals surface area contributed by atoms with Crippen LogP contribution in [0.4, 0.5) is 4.39 Å². The number of benzene rings is 2. The molecule has 1 N–H and O–H groups in total. The van der Waals surface area contributed by atoms with Crippen LogP contribution in [0.15, 0.2) is 42.5 Å². The Hall–Kier alpha value is -2.40. The normalized spacial score (nSPS) is 10.3. The van der Waals surface area contributed by atoms with Gasteiger partial charge in [0, 0.05) is 11.6 Å². The number of esters is 1. The summed E-state index contributed by atoms with van der Waals surface area (Å²) in [6.45, 7) is 1.96. The molecule has 0 aliphatic rings. The number of rotatable bonds is 6.